The number of nitrogens with two attached hydrogens (primary N) is 1. The lowest BCUT2D eigenvalue weighted by atomic mass is 10.7. The van der Waals surface area contributed by atoms with Crippen LogP contribution in [0, 0.1) is 0 Å². The van der Waals surface area contributed by atoms with Gasteiger partial charge in [-0.05, 0) is 18.3 Å². The molecule has 0 aromatic heterocycles. The van der Waals surface area contributed by atoms with Crippen molar-refractivity contribution in [1.82, 2.24) is 0 Å². The van der Waals surface area contributed by atoms with E-state index in [0.717, 1.165) is 12.1 Å². The molecular weight excluding hydrogens is 133 g/mol. The third-order valence-corrected chi connectivity index (χ3v) is 2.45. The smallest absolute Gasteiger partial charge is 0.0824 e. The minimum Gasteiger partial charge on any atom is -0.405 e. The Labute approximate surface area is 57.3 Å². The van der Waals surface area contributed by atoms with Gasteiger partial charge in [0.25, 0.3) is 0 Å². The van der Waals surface area contributed by atoms with E-state index >= 15 is 0 Å². The van der Waals surface area contributed by atoms with Crippen molar-refractivity contribution < 1.29 is 4.39 Å². The van der Waals surface area contributed by atoms with E-state index in [-0.39, 0.29) is 9.52 Å². The number of allylic oxidation sites excluding steroid dienone is 2. The first-order chi connectivity index (χ1) is 4.41. The van der Waals surface area contributed by atoms with Crippen molar-refractivity contribution in [1.29, 1.82) is 0 Å². The van der Waals surface area contributed by atoms with Gasteiger partial charge in [0.1, 0.15) is 0 Å². The fraction of sp³-hybridized carbons (Fsp3) is 0.333. The summed E-state index contributed by atoms with van der Waals surface area (Å²) in [5.74, 6) is 0. The summed E-state index contributed by atoms with van der Waals surface area (Å²) >= 11 is 0. The predicted octanol–water partition coefficient (Wildman–Crippen LogP) is 0.947. The lowest BCUT2D eigenvalue weighted by molar-refractivity contribution is 0.719. The van der Waals surface area contributed by atoms with E-state index < -0.39 is 0 Å². The van der Waals surface area contributed by atoms with Gasteiger partial charge >= 0.3 is 0 Å². The molecule has 0 amide bonds. The zero-order chi connectivity index (χ0) is 6.95. The normalized spacial score (nSPS) is 13.0. The molecule has 0 atom stereocenters. The monoisotopic (exact) mass is 145 g/mol. The third-order valence-electron chi connectivity index (χ3n) is 0.967. The van der Waals surface area contributed by atoms with Crippen molar-refractivity contribution in [3.05, 3.63) is 24.7 Å². The summed E-state index contributed by atoms with van der Waals surface area (Å²) in [6.45, 7) is 0. The summed E-state index contributed by atoms with van der Waals surface area (Å²) < 4.78 is 11.3. The molecule has 0 fully saturated rings. The van der Waals surface area contributed by atoms with Crippen LogP contribution in [-0.2, 0) is 0 Å². The molecule has 9 heavy (non-hydrogen) atoms. The van der Waals surface area contributed by atoms with Gasteiger partial charge < -0.3 is 5.73 Å². The SMILES string of the molecule is NC=CC[SiH2]CC=CF. The molecule has 0 rings (SSSR count). The molecule has 1 nitrogen and oxygen atoms in total. The molecule has 52 valence electrons. The maximum atomic E-state index is 11.3. The molecule has 0 saturated carbocycles. The van der Waals surface area contributed by atoms with Crippen LogP contribution in [0.4, 0.5) is 4.39 Å². The second-order valence-corrected chi connectivity index (χ2v) is 3.58. The highest BCUT2D eigenvalue weighted by Crippen LogP contribution is 1.88. The average Bonchev–Trinajstić information content (AvgIpc) is 1.89. The topological polar surface area (TPSA) is 26.0 Å². The number of rotatable bonds is 4. The van der Waals surface area contributed by atoms with E-state index in [1.54, 1.807) is 12.3 Å². The van der Waals surface area contributed by atoms with Gasteiger partial charge in [-0.15, -0.1) is 0 Å². The molecular formula is C6H12FNSi. The zero-order valence-electron chi connectivity index (χ0n) is 5.39. The Morgan fingerprint density at radius 3 is 2.56 bits per heavy atom. The Balaban J connectivity index is 2.91. The summed E-state index contributed by atoms with van der Waals surface area (Å²) in [5.41, 5.74) is 5.09. The minimum absolute atomic E-state index is 0.104. The summed E-state index contributed by atoms with van der Waals surface area (Å²) in [4.78, 5) is 0. The summed E-state index contributed by atoms with van der Waals surface area (Å²) in [6, 6.07) is 2.00. The second kappa shape index (κ2) is 7.43. The predicted molar refractivity (Wildman–Crippen MR) is 41.7 cm³/mol. The maximum Gasteiger partial charge on any atom is 0.0824 e. The zero-order valence-corrected chi connectivity index (χ0v) is 6.80. The first kappa shape index (κ1) is 8.43. The van der Waals surface area contributed by atoms with Crippen LogP contribution in [0.2, 0.25) is 12.1 Å². The largest absolute Gasteiger partial charge is 0.405 e. The summed E-state index contributed by atoms with van der Waals surface area (Å²) in [6.07, 6.45) is 5.65. The molecule has 0 aromatic carbocycles. The molecule has 0 aliphatic carbocycles. The van der Waals surface area contributed by atoms with E-state index in [4.69, 9.17) is 5.73 Å². The standard InChI is InChI=1S/C6H12FNSi/c7-3-1-5-9-6-2-4-8/h1-4H,5-6,8-9H2. The van der Waals surface area contributed by atoms with Crippen LogP contribution in [0.3, 0.4) is 0 Å². The van der Waals surface area contributed by atoms with Crippen LogP contribution < -0.4 is 5.73 Å². The van der Waals surface area contributed by atoms with Crippen LogP contribution >= 0.6 is 0 Å². The average molecular weight is 145 g/mol. The van der Waals surface area contributed by atoms with E-state index in [1.165, 1.54) is 0 Å². The second-order valence-electron chi connectivity index (χ2n) is 1.72. The van der Waals surface area contributed by atoms with Gasteiger partial charge in [0, 0.05) is 9.52 Å². The Morgan fingerprint density at radius 2 is 2.00 bits per heavy atom. The van der Waals surface area contributed by atoms with Crippen LogP contribution in [0.1, 0.15) is 0 Å². The van der Waals surface area contributed by atoms with Crippen molar-refractivity contribution in [2.45, 2.75) is 12.1 Å². The summed E-state index contributed by atoms with van der Waals surface area (Å²) in [7, 11) is -0.104. The highest BCUT2D eigenvalue weighted by molar-refractivity contribution is 6.36. The van der Waals surface area contributed by atoms with Crippen molar-refractivity contribution in [3.63, 3.8) is 0 Å². The summed E-state index contributed by atoms with van der Waals surface area (Å²) in [5, 5.41) is 0. The van der Waals surface area contributed by atoms with Gasteiger partial charge in [0.2, 0.25) is 0 Å². The maximum absolute atomic E-state index is 11.3. The lowest BCUT2D eigenvalue weighted by Gasteiger charge is -1.84. The van der Waals surface area contributed by atoms with Crippen LogP contribution in [0.5, 0.6) is 0 Å². The van der Waals surface area contributed by atoms with Gasteiger partial charge in [-0.1, -0.05) is 12.2 Å². The Morgan fingerprint density at radius 1 is 1.33 bits per heavy atom. The highest BCUT2D eigenvalue weighted by atomic mass is 28.2. The fourth-order valence-electron chi connectivity index (χ4n) is 0.513. The number of halogens is 1. The lowest BCUT2D eigenvalue weighted by Crippen LogP contribution is -1.84. The molecule has 0 heterocycles. The van der Waals surface area contributed by atoms with Gasteiger partial charge in [0.05, 0.1) is 6.33 Å². The third kappa shape index (κ3) is 7.43. The quantitative estimate of drug-likeness (QED) is 0.462. The Kier molecular flexibility index (Phi) is 6.95. The first-order valence-electron chi connectivity index (χ1n) is 3.03. The van der Waals surface area contributed by atoms with E-state index in [0.29, 0.717) is 6.33 Å². The molecule has 3 heteroatoms. The van der Waals surface area contributed by atoms with Crippen molar-refractivity contribution in [2.24, 2.45) is 5.73 Å². The molecule has 0 spiro atoms. The van der Waals surface area contributed by atoms with Crippen LogP contribution in [0.15, 0.2) is 24.7 Å². The molecule has 0 aliphatic rings. The fourth-order valence-corrected chi connectivity index (χ4v) is 1.54. The van der Waals surface area contributed by atoms with Gasteiger partial charge in [-0.3, -0.25) is 0 Å². The molecule has 0 saturated heterocycles. The molecule has 0 aromatic rings. The minimum atomic E-state index is -0.104. The van der Waals surface area contributed by atoms with Gasteiger partial charge in [-0.25, -0.2) is 4.39 Å². The Hall–Kier alpha value is -0.573. The highest BCUT2D eigenvalue weighted by Gasteiger charge is 1.79. The van der Waals surface area contributed by atoms with Crippen LogP contribution in [-0.4, -0.2) is 9.52 Å². The first-order valence-corrected chi connectivity index (χ1v) is 5.03. The van der Waals surface area contributed by atoms with E-state index in [2.05, 4.69) is 0 Å². The molecule has 0 unspecified atom stereocenters. The number of hydrogen-bond acceptors (Lipinski definition) is 1. The van der Waals surface area contributed by atoms with Crippen molar-refractivity contribution in [3.8, 4) is 0 Å². The molecule has 0 radical (unpaired) electrons. The van der Waals surface area contributed by atoms with Gasteiger partial charge in [0.15, 0.2) is 0 Å². The Bertz CT molecular complexity index is 89.2. The van der Waals surface area contributed by atoms with Crippen LogP contribution in [0.25, 0.3) is 0 Å². The number of hydrogen-bond donors (Lipinski definition) is 1. The molecule has 0 aliphatic heterocycles. The van der Waals surface area contributed by atoms with E-state index in [9.17, 15) is 4.39 Å². The van der Waals surface area contributed by atoms with E-state index in [1.807, 2.05) is 6.08 Å². The van der Waals surface area contributed by atoms with Gasteiger partial charge in [-0.2, -0.15) is 0 Å². The molecule has 2 N–H and O–H groups in total. The van der Waals surface area contributed by atoms with Crippen molar-refractivity contribution in [2.75, 3.05) is 0 Å². The van der Waals surface area contributed by atoms with Crippen molar-refractivity contribution >= 4 is 9.52 Å². The molecule has 0 bridgehead atoms.